The summed E-state index contributed by atoms with van der Waals surface area (Å²) < 4.78 is 0. The Labute approximate surface area is 152 Å². The first kappa shape index (κ1) is 19.1. The van der Waals surface area contributed by atoms with Crippen molar-refractivity contribution in [1.29, 1.82) is 0 Å². The average molecular weight is 342 g/mol. The second kappa shape index (κ2) is 11.4. The van der Waals surface area contributed by atoms with Crippen molar-refractivity contribution in [2.75, 3.05) is 57.3 Å². The molecule has 0 aliphatic carbocycles. The van der Waals surface area contributed by atoms with Crippen LogP contribution in [0.3, 0.4) is 0 Å². The number of nitrogens with zero attached hydrogens (tertiary/aromatic N) is 3. The molecule has 0 amide bonds. The van der Waals surface area contributed by atoms with Crippen LogP contribution in [0, 0.1) is 12.3 Å². The van der Waals surface area contributed by atoms with Crippen molar-refractivity contribution in [1.82, 2.24) is 15.5 Å². The van der Waals surface area contributed by atoms with E-state index in [4.69, 9.17) is 6.42 Å². The van der Waals surface area contributed by atoms with Gasteiger partial charge in [0.05, 0.1) is 6.54 Å². The van der Waals surface area contributed by atoms with Crippen LogP contribution in [0.4, 0.5) is 5.69 Å². The Morgan fingerprint density at radius 3 is 2.56 bits per heavy atom. The third kappa shape index (κ3) is 7.06. The molecule has 0 aromatic heterocycles. The van der Waals surface area contributed by atoms with Crippen LogP contribution in [0.1, 0.15) is 19.8 Å². The van der Waals surface area contributed by atoms with E-state index >= 15 is 0 Å². The average Bonchev–Trinajstić information content (AvgIpc) is 2.67. The summed E-state index contributed by atoms with van der Waals surface area (Å²) in [6, 6.07) is 10.7. The van der Waals surface area contributed by atoms with Crippen molar-refractivity contribution >= 4 is 11.6 Å². The summed E-state index contributed by atoms with van der Waals surface area (Å²) in [5.74, 6) is 3.39. The molecule has 1 aliphatic heterocycles. The van der Waals surface area contributed by atoms with E-state index in [-0.39, 0.29) is 0 Å². The van der Waals surface area contributed by atoms with Gasteiger partial charge in [0.15, 0.2) is 5.96 Å². The van der Waals surface area contributed by atoms with Crippen molar-refractivity contribution in [3.05, 3.63) is 30.3 Å². The molecule has 1 aliphatic rings. The summed E-state index contributed by atoms with van der Waals surface area (Å²) in [5.41, 5.74) is 1.34. The van der Waals surface area contributed by atoms with E-state index in [1.807, 2.05) is 0 Å². The zero-order valence-corrected chi connectivity index (χ0v) is 15.4. The van der Waals surface area contributed by atoms with Gasteiger partial charge < -0.3 is 15.5 Å². The van der Waals surface area contributed by atoms with E-state index in [0.29, 0.717) is 6.54 Å². The maximum Gasteiger partial charge on any atom is 0.192 e. The van der Waals surface area contributed by atoms with Gasteiger partial charge in [0, 0.05) is 45.0 Å². The molecule has 2 N–H and O–H groups in total. The molecule has 0 unspecified atom stereocenters. The van der Waals surface area contributed by atoms with E-state index in [9.17, 15) is 0 Å². The fraction of sp³-hybridized carbons (Fsp3) is 0.550. The predicted molar refractivity (Wildman–Crippen MR) is 107 cm³/mol. The van der Waals surface area contributed by atoms with Gasteiger partial charge in [-0.15, -0.1) is 6.42 Å². The molecular formula is C20H31N5. The van der Waals surface area contributed by atoms with E-state index in [2.05, 4.69) is 68.6 Å². The van der Waals surface area contributed by atoms with Gasteiger partial charge in [0.2, 0.25) is 0 Å². The number of rotatable bonds is 8. The quantitative estimate of drug-likeness (QED) is 0.327. The van der Waals surface area contributed by atoms with Crippen molar-refractivity contribution in [2.24, 2.45) is 4.99 Å². The van der Waals surface area contributed by atoms with Crippen molar-refractivity contribution in [2.45, 2.75) is 19.8 Å². The lowest BCUT2D eigenvalue weighted by Gasteiger charge is -2.36. The number of terminal acetylenes is 1. The third-order valence-corrected chi connectivity index (χ3v) is 4.35. The minimum absolute atomic E-state index is 0.511. The molecule has 1 saturated heterocycles. The van der Waals surface area contributed by atoms with Gasteiger partial charge in [0.1, 0.15) is 0 Å². The summed E-state index contributed by atoms with van der Waals surface area (Å²) >= 11 is 0. The van der Waals surface area contributed by atoms with Crippen molar-refractivity contribution < 1.29 is 0 Å². The normalized spacial score (nSPS) is 15.7. The van der Waals surface area contributed by atoms with Crippen LogP contribution in [-0.4, -0.2) is 63.2 Å². The highest BCUT2D eigenvalue weighted by Gasteiger charge is 2.16. The summed E-state index contributed by atoms with van der Waals surface area (Å²) in [5, 5.41) is 6.32. The molecule has 0 radical (unpaired) electrons. The number of anilines is 1. The molecule has 0 bridgehead atoms. The lowest BCUT2D eigenvalue weighted by atomic mass is 10.2. The lowest BCUT2D eigenvalue weighted by molar-refractivity contribution is 0.253. The minimum atomic E-state index is 0.511. The number of unbranched alkanes of at least 4 members (excludes halogenated alkanes) is 1. The first-order valence-corrected chi connectivity index (χ1v) is 9.31. The van der Waals surface area contributed by atoms with Gasteiger partial charge in [-0.25, -0.2) is 0 Å². The Morgan fingerprint density at radius 1 is 1.12 bits per heavy atom. The lowest BCUT2D eigenvalue weighted by Crippen LogP contribution is -2.46. The second-order valence-electron chi connectivity index (χ2n) is 6.19. The number of aliphatic imine (C=N–C) groups is 1. The number of benzene rings is 1. The Bertz CT molecular complexity index is 541. The van der Waals surface area contributed by atoms with Crippen LogP contribution >= 0.6 is 0 Å². The first-order valence-electron chi connectivity index (χ1n) is 9.31. The molecule has 0 spiro atoms. The highest BCUT2D eigenvalue weighted by atomic mass is 15.3. The standard InChI is InChI=1S/C20H31N5/c1-3-12-22-20(21-4-2)23-13-8-9-14-24-15-17-25(18-16-24)19-10-6-5-7-11-19/h1,5-7,10-11H,4,8-9,12-18H2,2H3,(H2,21,22,23). The highest BCUT2D eigenvalue weighted by molar-refractivity contribution is 5.79. The van der Waals surface area contributed by atoms with Crippen LogP contribution in [0.15, 0.2) is 35.3 Å². The molecule has 1 fully saturated rings. The molecule has 1 aromatic carbocycles. The Hall–Kier alpha value is -2.19. The van der Waals surface area contributed by atoms with Crippen LogP contribution in [0.2, 0.25) is 0 Å². The molecule has 5 nitrogen and oxygen atoms in total. The van der Waals surface area contributed by atoms with Crippen LogP contribution in [0.5, 0.6) is 0 Å². The zero-order chi connectivity index (χ0) is 17.7. The van der Waals surface area contributed by atoms with Crippen LogP contribution < -0.4 is 15.5 Å². The number of guanidine groups is 1. The van der Waals surface area contributed by atoms with E-state index < -0.39 is 0 Å². The van der Waals surface area contributed by atoms with Gasteiger partial charge >= 0.3 is 0 Å². The first-order chi connectivity index (χ1) is 12.3. The molecule has 5 heteroatoms. The summed E-state index contributed by atoms with van der Waals surface area (Å²) in [6.07, 6.45) is 7.56. The number of piperazine rings is 1. The Balaban J connectivity index is 1.61. The molecule has 25 heavy (non-hydrogen) atoms. The summed E-state index contributed by atoms with van der Waals surface area (Å²) in [6.45, 7) is 9.93. The molecule has 0 atom stereocenters. The maximum atomic E-state index is 5.27. The number of hydrogen-bond acceptors (Lipinski definition) is 3. The van der Waals surface area contributed by atoms with Gasteiger partial charge in [-0.05, 0) is 38.4 Å². The molecule has 136 valence electrons. The largest absolute Gasteiger partial charge is 0.369 e. The van der Waals surface area contributed by atoms with Crippen molar-refractivity contribution in [3.8, 4) is 12.3 Å². The summed E-state index contributed by atoms with van der Waals surface area (Å²) in [7, 11) is 0. The van der Waals surface area contributed by atoms with Crippen LogP contribution in [0.25, 0.3) is 0 Å². The fourth-order valence-electron chi connectivity index (χ4n) is 2.98. The predicted octanol–water partition coefficient (Wildman–Crippen LogP) is 1.78. The minimum Gasteiger partial charge on any atom is -0.369 e. The zero-order valence-electron chi connectivity index (χ0n) is 15.4. The topological polar surface area (TPSA) is 42.9 Å². The van der Waals surface area contributed by atoms with E-state index in [0.717, 1.165) is 58.2 Å². The monoisotopic (exact) mass is 341 g/mol. The Kier molecular flexibility index (Phi) is 8.71. The van der Waals surface area contributed by atoms with Gasteiger partial charge in [-0.1, -0.05) is 24.1 Å². The SMILES string of the molecule is C#CCNC(=NCCCCN1CCN(c2ccccc2)CC1)NCC. The molecule has 0 saturated carbocycles. The van der Waals surface area contributed by atoms with Crippen LogP contribution in [-0.2, 0) is 0 Å². The highest BCUT2D eigenvalue weighted by Crippen LogP contribution is 2.15. The van der Waals surface area contributed by atoms with Gasteiger partial charge in [-0.3, -0.25) is 9.89 Å². The van der Waals surface area contributed by atoms with E-state index in [1.54, 1.807) is 0 Å². The van der Waals surface area contributed by atoms with Crippen molar-refractivity contribution in [3.63, 3.8) is 0 Å². The molecular weight excluding hydrogens is 310 g/mol. The van der Waals surface area contributed by atoms with Gasteiger partial charge in [0.25, 0.3) is 0 Å². The summed E-state index contributed by atoms with van der Waals surface area (Å²) in [4.78, 5) is 9.59. The number of nitrogens with one attached hydrogen (secondary N) is 2. The second-order valence-corrected chi connectivity index (χ2v) is 6.19. The maximum absolute atomic E-state index is 5.27. The van der Waals surface area contributed by atoms with Gasteiger partial charge in [-0.2, -0.15) is 0 Å². The molecule has 1 aromatic rings. The molecule has 1 heterocycles. The fourth-order valence-corrected chi connectivity index (χ4v) is 2.98. The number of hydrogen-bond donors (Lipinski definition) is 2. The van der Waals surface area contributed by atoms with E-state index in [1.165, 1.54) is 12.1 Å². The molecule has 2 rings (SSSR count). The number of para-hydroxylation sites is 1. The Morgan fingerprint density at radius 2 is 1.88 bits per heavy atom. The third-order valence-electron chi connectivity index (χ3n) is 4.35. The smallest absolute Gasteiger partial charge is 0.192 e.